The van der Waals surface area contributed by atoms with Crippen LogP contribution in [0.15, 0.2) is 17.5 Å². The fourth-order valence-corrected chi connectivity index (χ4v) is 1.32. The quantitative estimate of drug-likeness (QED) is 0.598. The number of hydrogen-bond donors (Lipinski definition) is 3. The molecule has 4 N–H and O–H groups in total. The van der Waals surface area contributed by atoms with Crippen LogP contribution < -0.4 is 16.6 Å². The van der Waals surface area contributed by atoms with Crippen LogP contribution >= 0.6 is 11.3 Å². The van der Waals surface area contributed by atoms with Gasteiger partial charge in [-0.15, -0.1) is 11.3 Å². The second kappa shape index (κ2) is 4.73. The van der Waals surface area contributed by atoms with E-state index in [1.165, 1.54) is 18.3 Å². The molecule has 1 aromatic rings. The summed E-state index contributed by atoms with van der Waals surface area (Å²) in [5, 5.41) is 1.78. The van der Waals surface area contributed by atoms with Crippen molar-refractivity contribution in [3.05, 3.63) is 22.4 Å². The molecule has 0 saturated carbocycles. The third-order valence-electron chi connectivity index (χ3n) is 1.46. The van der Waals surface area contributed by atoms with E-state index in [1.807, 2.05) is 0 Å². The van der Waals surface area contributed by atoms with E-state index < -0.39 is 11.9 Å². The zero-order valence-electron chi connectivity index (χ0n) is 7.61. The van der Waals surface area contributed by atoms with Crippen LogP contribution in [0.5, 0.6) is 0 Å². The number of carbonyl (C=O) groups excluding carboxylic acids is 2. The fourth-order valence-electron chi connectivity index (χ4n) is 0.702. The minimum absolute atomic E-state index is 0.339. The third kappa shape index (κ3) is 2.82. The zero-order chi connectivity index (χ0) is 10.6. The molecule has 1 atom stereocenters. The number of hydrogen-bond acceptors (Lipinski definition) is 4. The van der Waals surface area contributed by atoms with Gasteiger partial charge in [0.05, 0.1) is 10.9 Å². The first-order chi connectivity index (χ1) is 6.61. The Hall–Kier alpha value is -1.40. The summed E-state index contributed by atoms with van der Waals surface area (Å²) in [6.45, 7) is 1.53. The van der Waals surface area contributed by atoms with Crippen LogP contribution in [-0.4, -0.2) is 17.9 Å². The monoisotopic (exact) mass is 213 g/mol. The van der Waals surface area contributed by atoms with Crippen LogP contribution in [0.1, 0.15) is 16.6 Å². The van der Waals surface area contributed by atoms with Crippen LogP contribution in [0.4, 0.5) is 0 Å². The molecule has 14 heavy (non-hydrogen) atoms. The molecule has 0 aliphatic rings. The van der Waals surface area contributed by atoms with Crippen molar-refractivity contribution in [2.45, 2.75) is 13.0 Å². The summed E-state index contributed by atoms with van der Waals surface area (Å²) in [4.78, 5) is 22.8. The van der Waals surface area contributed by atoms with Crippen LogP contribution in [-0.2, 0) is 4.79 Å². The third-order valence-corrected chi connectivity index (χ3v) is 2.33. The highest BCUT2D eigenvalue weighted by Gasteiger charge is 2.09. The number of amides is 2. The molecule has 1 rings (SSSR count). The van der Waals surface area contributed by atoms with Crippen molar-refractivity contribution in [3.8, 4) is 0 Å². The van der Waals surface area contributed by atoms with Gasteiger partial charge in [-0.05, 0) is 18.4 Å². The summed E-state index contributed by atoms with van der Waals surface area (Å²) in [5.74, 6) is -0.760. The Balaban J connectivity index is 2.40. The molecule has 0 aromatic carbocycles. The molecule has 0 aliphatic carbocycles. The van der Waals surface area contributed by atoms with Crippen LogP contribution in [0, 0.1) is 0 Å². The van der Waals surface area contributed by atoms with Crippen LogP contribution in [0.3, 0.4) is 0 Å². The van der Waals surface area contributed by atoms with Crippen molar-refractivity contribution in [1.29, 1.82) is 0 Å². The predicted octanol–water partition coefficient (Wildman–Crippen LogP) is -0.144. The van der Waals surface area contributed by atoms with Crippen molar-refractivity contribution in [1.82, 2.24) is 10.9 Å². The molecule has 0 saturated heterocycles. The van der Waals surface area contributed by atoms with E-state index in [2.05, 4.69) is 10.9 Å². The van der Waals surface area contributed by atoms with Crippen molar-refractivity contribution in [3.63, 3.8) is 0 Å². The van der Waals surface area contributed by atoms with Crippen molar-refractivity contribution in [2.24, 2.45) is 5.73 Å². The maximum absolute atomic E-state index is 11.3. The number of thiophene rings is 1. The van der Waals surface area contributed by atoms with Gasteiger partial charge in [-0.1, -0.05) is 6.07 Å². The molecule has 0 radical (unpaired) electrons. The Labute approximate surface area is 85.3 Å². The first-order valence-electron chi connectivity index (χ1n) is 4.00. The molecule has 76 valence electrons. The molecule has 1 unspecified atom stereocenters. The van der Waals surface area contributed by atoms with Crippen LogP contribution in [0.2, 0.25) is 0 Å². The number of nitrogens with two attached hydrogens (primary N) is 1. The van der Waals surface area contributed by atoms with E-state index in [0.29, 0.717) is 4.88 Å². The molecular weight excluding hydrogens is 202 g/mol. The van der Waals surface area contributed by atoms with E-state index in [0.717, 1.165) is 0 Å². The Bertz CT molecular complexity index is 321. The maximum Gasteiger partial charge on any atom is 0.279 e. The molecule has 0 fully saturated rings. The molecule has 1 heterocycles. The van der Waals surface area contributed by atoms with E-state index in [-0.39, 0.29) is 5.91 Å². The van der Waals surface area contributed by atoms with Gasteiger partial charge in [0, 0.05) is 0 Å². The molecule has 6 heteroatoms. The molecule has 5 nitrogen and oxygen atoms in total. The highest BCUT2D eigenvalue weighted by Crippen LogP contribution is 2.06. The lowest BCUT2D eigenvalue weighted by atomic mass is 10.3. The predicted molar refractivity (Wildman–Crippen MR) is 53.6 cm³/mol. The number of nitrogens with one attached hydrogen (secondary N) is 2. The number of hydrazine groups is 1. The standard InChI is InChI=1S/C8H11N3O2S/c1-5(9)7(12)10-11-8(13)6-3-2-4-14-6/h2-5H,9H2,1H3,(H,10,12)(H,11,13). The summed E-state index contributed by atoms with van der Waals surface area (Å²) in [6.07, 6.45) is 0. The molecule has 1 aromatic heterocycles. The van der Waals surface area contributed by atoms with Gasteiger partial charge in [0.1, 0.15) is 0 Å². The second-order valence-corrected chi connectivity index (χ2v) is 3.66. The van der Waals surface area contributed by atoms with E-state index in [9.17, 15) is 9.59 Å². The summed E-state index contributed by atoms with van der Waals surface area (Å²) in [5.41, 5.74) is 9.75. The normalized spacial score (nSPS) is 11.9. The lowest BCUT2D eigenvalue weighted by Gasteiger charge is -2.07. The summed E-state index contributed by atoms with van der Waals surface area (Å²) >= 11 is 1.30. The Morgan fingerprint density at radius 2 is 2.21 bits per heavy atom. The van der Waals surface area contributed by atoms with Gasteiger partial charge < -0.3 is 5.73 Å². The van der Waals surface area contributed by atoms with Gasteiger partial charge in [0.2, 0.25) is 0 Å². The topological polar surface area (TPSA) is 84.2 Å². The Morgan fingerprint density at radius 1 is 1.50 bits per heavy atom. The average molecular weight is 213 g/mol. The molecule has 0 spiro atoms. The lowest BCUT2D eigenvalue weighted by Crippen LogP contribution is -2.48. The minimum atomic E-state index is -0.640. The highest BCUT2D eigenvalue weighted by atomic mass is 32.1. The van der Waals surface area contributed by atoms with Crippen molar-refractivity contribution >= 4 is 23.2 Å². The molecule has 0 bridgehead atoms. The number of rotatable bonds is 2. The van der Waals surface area contributed by atoms with Crippen molar-refractivity contribution in [2.75, 3.05) is 0 Å². The van der Waals surface area contributed by atoms with Gasteiger partial charge in [0.25, 0.3) is 11.8 Å². The van der Waals surface area contributed by atoms with Gasteiger partial charge >= 0.3 is 0 Å². The van der Waals surface area contributed by atoms with E-state index in [4.69, 9.17) is 5.73 Å². The van der Waals surface area contributed by atoms with Gasteiger partial charge in [-0.3, -0.25) is 20.4 Å². The van der Waals surface area contributed by atoms with Crippen molar-refractivity contribution < 1.29 is 9.59 Å². The van der Waals surface area contributed by atoms with Crippen LogP contribution in [0.25, 0.3) is 0 Å². The largest absolute Gasteiger partial charge is 0.320 e. The Kier molecular flexibility index (Phi) is 3.61. The zero-order valence-corrected chi connectivity index (χ0v) is 8.43. The molecular formula is C8H11N3O2S. The lowest BCUT2D eigenvalue weighted by molar-refractivity contribution is -0.122. The van der Waals surface area contributed by atoms with Gasteiger partial charge in [-0.2, -0.15) is 0 Å². The summed E-state index contributed by atoms with van der Waals surface area (Å²) in [7, 11) is 0. The van der Waals surface area contributed by atoms with E-state index >= 15 is 0 Å². The highest BCUT2D eigenvalue weighted by molar-refractivity contribution is 7.12. The average Bonchev–Trinajstić information content (AvgIpc) is 2.66. The van der Waals surface area contributed by atoms with E-state index in [1.54, 1.807) is 17.5 Å². The fraction of sp³-hybridized carbons (Fsp3) is 0.250. The van der Waals surface area contributed by atoms with Gasteiger partial charge in [0.15, 0.2) is 0 Å². The first kappa shape index (κ1) is 10.7. The Morgan fingerprint density at radius 3 is 2.71 bits per heavy atom. The smallest absolute Gasteiger partial charge is 0.279 e. The second-order valence-electron chi connectivity index (χ2n) is 2.71. The summed E-state index contributed by atoms with van der Waals surface area (Å²) in [6, 6.07) is 2.78. The number of carbonyl (C=O) groups is 2. The molecule has 0 aliphatic heterocycles. The SMILES string of the molecule is CC(N)C(=O)NNC(=O)c1cccs1. The maximum atomic E-state index is 11.3. The van der Waals surface area contributed by atoms with Gasteiger partial charge in [-0.25, -0.2) is 0 Å². The summed E-state index contributed by atoms with van der Waals surface area (Å²) < 4.78 is 0. The first-order valence-corrected chi connectivity index (χ1v) is 4.88. The minimum Gasteiger partial charge on any atom is -0.320 e. The molecule has 2 amide bonds.